The van der Waals surface area contributed by atoms with Gasteiger partial charge in [-0.2, -0.15) is 9.78 Å². The summed E-state index contributed by atoms with van der Waals surface area (Å²) >= 11 is -1.94. The molecule has 1 fully saturated rings. The molecule has 0 spiro atoms. The molecule has 1 saturated carbocycles. The molecule has 0 radical (unpaired) electrons. The summed E-state index contributed by atoms with van der Waals surface area (Å²) < 4.78 is 32.0. The Bertz CT molecular complexity index is 944. The zero-order valence-corrected chi connectivity index (χ0v) is 16.1. The van der Waals surface area contributed by atoms with Crippen molar-refractivity contribution in [3.05, 3.63) is 29.7 Å². The summed E-state index contributed by atoms with van der Waals surface area (Å²) in [5.41, 5.74) is 0.499. The molecule has 1 aromatic heterocycles. The van der Waals surface area contributed by atoms with Crippen LogP contribution in [-0.2, 0) is 16.0 Å². The number of anilines is 1. The van der Waals surface area contributed by atoms with Crippen LogP contribution in [0.15, 0.2) is 18.2 Å². The second kappa shape index (κ2) is 8.07. The maximum atomic E-state index is 15.3. The number of aldehydes is 1. The third kappa shape index (κ3) is 3.62. The van der Waals surface area contributed by atoms with Gasteiger partial charge in [-0.1, -0.05) is 0 Å². The van der Waals surface area contributed by atoms with Gasteiger partial charge in [0.2, 0.25) is 0 Å². The number of aromatic hydroxyl groups is 1. The zero-order chi connectivity index (χ0) is 20.4. The molecule has 1 aliphatic rings. The second-order valence-corrected chi connectivity index (χ2v) is 7.52. The standard InChI is InChI=1S/C17H20FN5O4S/c1-19-17(26)23-13(10-3-4-10)9-12(21-23)11-5-6-14(25)16(15(11)18)22(7-8-24)28(27)20-2/h5-6,8-10,20,25H,3-4,7H2,1-2H3,(H,19,26). The number of hydrogen-bond acceptors (Lipinski definition) is 5. The summed E-state index contributed by atoms with van der Waals surface area (Å²) in [5.74, 6) is -1.18. The van der Waals surface area contributed by atoms with Crippen LogP contribution in [0.2, 0.25) is 0 Å². The molecule has 3 rings (SSSR count). The fourth-order valence-corrected chi connectivity index (χ4v) is 3.63. The van der Waals surface area contributed by atoms with E-state index in [1.807, 2.05) is 0 Å². The van der Waals surface area contributed by atoms with Crippen molar-refractivity contribution in [1.29, 1.82) is 0 Å². The molecule has 9 nitrogen and oxygen atoms in total. The molecule has 1 aliphatic carbocycles. The molecule has 2 aromatic rings. The number of benzene rings is 1. The molecule has 28 heavy (non-hydrogen) atoms. The van der Waals surface area contributed by atoms with E-state index in [0.29, 0.717) is 12.0 Å². The number of rotatable bonds is 7. The Labute approximate surface area is 163 Å². The first-order valence-corrected chi connectivity index (χ1v) is 9.67. The Morgan fingerprint density at radius 1 is 1.46 bits per heavy atom. The third-order valence-corrected chi connectivity index (χ3v) is 5.46. The van der Waals surface area contributed by atoms with Crippen LogP contribution in [0, 0.1) is 5.82 Å². The number of amides is 1. The molecule has 0 saturated heterocycles. The number of aromatic nitrogens is 2. The lowest BCUT2D eigenvalue weighted by Crippen LogP contribution is -2.35. The van der Waals surface area contributed by atoms with Crippen LogP contribution in [0.25, 0.3) is 11.3 Å². The van der Waals surface area contributed by atoms with E-state index < -0.39 is 35.3 Å². The summed E-state index contributed by atoms with van der Waals surface area (Å²) in [7, 11) is 2.85. The Morgan fingerprint density at radius 2 is 2.18 bits per heavy atom. The van der Waals surface area contributed by atoms with Gasteiger partial charge in [-0.15, -0.1) is 0 Å². The molecule has 1 heterocycles. The van der Waals surface area contributed by atoms with Crippen LogP contribution in [0.5, 0.6) is 5.75 Å². The molecular weight excluding hydrogens is 389 g/mol. The lowest BCUT2D eigenvalue weighted by molar-refractivity contribution is -0.106. The van der Waals surface area contributed by atoms with Gasteiger partial charge in [-0.05, 0) is 38.1 Å². The normalized spacial score (nSPS) is 14.5. The van der Waals surface area contributed by atoms with E-state index in [-0.39, 0.29) is 22.9 Å². The monoisotopic (exact) mass is 409 g/mol. The molecule has 11 heteroatoms. The number of nitrogens with one attached hydrogen (secondary N) is 2. The Hall–Kier alpha value is -2.79. The van der Waals surface area contributed by atoms with Crippen molar-refractivity contribution in [2.24, 2.45) is 0 Å². The van der Waals surface area contributed by atoms with E-state index in [4.69, 9.17) is 0 Å². The van der Waals surface area contributed by atoms with Gasteiger partial charge in [0.1, 0.15) is 17.7 Å². The highest BCUT2D eigenvalue weighted by atomic mass is 32.2. The van der Waals surface area contributed by atoms with E-state index in [2.05, 4.69) is 15.1 Å². The van der Waals surface area contributed by atoms with Crippen molar-refractivity contribution >= 4 is 29.2 Å². The summed E-state index contributed by atoms with van der Waals surface area (Å²) in [5, 5.41) is 16.9. The quantitative estimate of drug-likeness (QED) is 0.596. The van der Waals surface area contributed by atoms with E-state index >= 15 is 4.39 Å². The minimum absolute atomic E-state index is 0.0151. The lowest BCUT2D eigenvalue weighted by Gasteiger charge is -2.22. The molecule has 150 valence electrons. The number of nitrogens with zero attached hydrogens (tertiary/aromatic N) is 3. The van der Waals surface area contributed by atoms with Crippen molar-refractivity contribution in [1.82, 2.24) is 19.8 Å². The highest BCUT2D eigenvalue weighted by molar-refractivity contribution is 7.84. The van der Waals surface area contributed by atoms with Crippen LogP contribution in [-0.4, -0.2) is 52.1 Å². The Kier molecular flexibility index (Phi) is 5.75. The number of phenols is 1. The number of carbonyl (C=O) groups excluding carboxylic acids is 2. The largest absolute Gasteiger partial charge is 0.506 e. The molecule has 0 aliphatic heterocycles. The van der Waals surface area contributed by atoms with Crippen LogP contribution in [0.3, 0.4) is 0 Å². The van der Waals surface area contributed by atoms with Crippen LogP contribution < -0.4 is 14.3 Å². The van der Waals surface area contributed by atoms with E-state index in [0.717, 1.165) is 17.1 Å². The summed E-state index contributed by atoms with van der Waals surface area (Å²) in [6, 6.07) is 3.74. The SMILES string of the molecule is CNC(=O)n1nc(-c2ccc(O)c(N(CC=O)S(=O)NC)c2F)cc1C1CC1. The number of carbonyl (C=O) groups is 2. The van der Waals surface area contributed by atoms with Gasteiger partial charge in [-0.25, -0.2) is 18.1 Å². The highest BCUT2D eigenvalue weighted by Gasteiger charge is 2.31. The van der Waals surface area contributed by atoms with Gasteiger partial charge >= 0.3 is 6.03 Å². The van der Waals surface area contributed by atoms with Crippen molar-refractivity contribution in [3.8, 4) is 17.0 Å². The van der Waals surface area contributed by atoms with Gasteiger partial charge in [0.15, 0.2) is 17.0 Å². The minimum Gasteiger partial charge on any atom is -0.506 e. The van der Waals surface area contributed by atoms with Crippen molar-refractivity contribution in [3.63, 3.8) is 0 Å². The zero-order valence-electron chi connectivity index (χ0n) is 15.3. The van der Waals surface area contributed by atoms with Crippen molar-refractivity contribution in [2.75, 3.05) is 24.9 Å². The van der Waals surface area contributed by atoms with E-state index in [1.165, 1.54) is 30.9 Å². The fraction of sp³-hybridized carbons (Fsp3) is 0.353. The Morgan fingerprint density at radius 3 is 2.75 bits per heavy atom. The van der Waals surface area contributed by atoms with Gasteiger partial charge in [0.05, 0.1) is 17.9 Å². The molecule has 1 aromatic carbocycles. The fourth-order valence-electron chi connectivity index (χ4n) is 2.87. The number of hydrogen-bond donors (Lipinski definition) is 3. The van der Waals surface area contributed by atoms with Gasteiger partial charge in [-0.3, -0.25) is 4.31 Å². The van der Waals surface area contributed by atoms with Crippen molar-refractivity contribution in [2.45, 2.75) is 18.8 Å². The van der Waals surface area contributed by atoms with Gasteiger partial charge in [0.25, 0.3) is 0 Å². The minimum atomic E-state index is -1.94. The van der Waals surface area contributed by atoms with Crippen LogP contribution in [0.1, 0.15) is 24.5 Å². The third-order valence-electron chi connectivity index (χ3n) is 4.37. The average molecular weight is 409 g/mol. The molecule has 1 amide bonds. The summed E-state index contributed by atoms with van der Waals surface area (Å²) in [4.78, 5) is 23.1. The van der Waals surface area contributed by atoms with E-state index in [9.17, 15) is 18.9 Å². The number of phenolic OH excluding ortho intramolecular Hbond substituents is 1. The second-order valence-electron chi connectivity index (χ2n) is 6.17. The van der Waals surface area contributed by atoms with Crippen LogP contribution in [0.4, 0.5) is 14.9 Å². The average Bonchev–Trinajstić information content (AvgIpc) is 3.45. The molecular formula is C17H20FN5O4S. The first-order valence-electron chi connectivity index (χ1n) is 8.57. The Balaban J connectivity index is 2.12. The smallest absolute Gasteiger partial charge is 0.342 e. The molecule has 1 atom stereocenters. The lowest BCUT2D eigenvalue weighted by atomic mass is 10.1. The van der Waals surface area contributed by atoms with Gasteiger partial charge in [0, 0.05) is 18.5 Å². The first-order chi connectivity index (χ1) is 13.4. The molecule has 1 unspecified atom stereocenters. The summed E-state index contributed by atoms with van der Waals surface area (Å²) in [6.07, 6.45) is 2.28. The summed E-state index contributed by atoms with van der Waals surface area (Å²) in [6.45, 7) is -0.401. The van der Waals surface area contributed by atoms with Gasteiger partial charge < -0.3 is 15.2 Å². The first kappa shape index (κ1) is 20.0. The molecule has 3 N–H and O–H groups in total. The predicted molar refractivity (Wildman–Crippen MR) is 102 cm³/mol. The maximum absolute atomic E-state index is 15.3. The van der Waals surface area contributed by atoms with E-state index in [1.54, 1.807) is 6.07 Å². The topological polar surface area (TPSA) is 117 Å². The van der Waals surface area contributed by atoms with Crippen LogP contribution >= 0.6 is 0 Å². The predicted octanol–water partition coefficient (Wildman–Crippen LogP) is 1.26. The highest BCUT2D eigenvalue weighted by Crippen LogP contribution is 2.42. The number of halogens is 1. The van der Waals surface area contributed by atoms with Crippen molar-refractivity contribution < 1.29 is 23.3 Å². The molecule has 0 bridgehead atoms. The maximum Gasteiger partial charge on any atom is 0.342 e.